The summed E-state index contributed by atoms with van der Waals surface area (Å²) in [5.41, 5.74) is 0. The number of rotatable bonds is 54. The second-order valence-corrected chi connectivity index (χ2v) is 22.1. The number of hydrogen-bond acceptors (Lipinski definition) is 10. The van der Waals surface area contributed by atoms with Crippen molar-refractivity contribution in [3.63, 3.8) is 0 Å². The molecule has 6 N–H and O–H groups in total. The zero-order valence-electron chi connectivity index (χ0n) is 49.1. The third-order valence-electron chi connectivity index (χ3n) is 15.0. The van der Waals surface area contributed by atoms with Crippen LogP contribution in [0.5, 0.6) is 0 Å². The molecule has 76 heavy (non-hydrogen) atoms. The molecule has 11 nitrogen and oxygen atoms in total. The average molecular weight is 1070 g/mol. The van der Waals surface area contributed by atoms with Gasteiger partial charge in [-0.2, -0.15) is 0 Å². The van der Waals surface area contributed by atoms with Gasteiger partial charge < -0.3 is 45.1 Å². The summed E-state index contributed by atoms with van der Waals surface area (Å²) in [5.74, 6) is -1.19. The monoisotopic (exact) mass is 1070 g/mol. The van der Waals surface area contributed by atoms with Crippen LogP contribution in [0.15, 0.2) is 48.6 Å². The Labute approximate surface area is 466 Å². The van der Waals surface area contributed by atoms with E-state index in [0.29, 0.717) is 12.8 Å². The minimum atomic E-state index is -1.61. The summed E-state index contributed by atoms with van der Waals surface area (Å²) in [6.45, 7) is 5.77. The van der Waals surface area contributed by atoms with Crippen LogP contribution in [0.2, 0.25) is 0 Å². The van der Waals surface area contributed by atoms with Crippen molar-refractivity contribution in [2.24, 2.45) is 0 Å². The van der Waals surface area contributed by atoms with Gasteiger partial charge in [-0.15, -0.1) is 0 Å². The molecule has 1 rings (SSSR count). The molecule has 8 atom stereocenters. The van der Waals surface area contributed by atoms with Crippen molar-refractivity contribution in [3.8, 4) is 0 Å². The Hall–Kier alpha value is -2.38. The number of esters is 1. The lowest BCUT2D eigenvalue weighted by Gasteiger charge is -2.41. The number of carbonyl (C=O) groups is 2. The number of hydrogen-bond donors (Lipinski definition) is 6. The first-order valence-corrected chi connectivity index (χ1v) is 31.9. The van der Waals surface area contributed by atoms with Gasteiger partial charge in [0.25, 0.3) is 0 Å². The zero-order chi connectivity index (χ0) is 55.4. The molecular formula is C65H119NO10. The van der Waals surface area contributed by atoms with Gasteiger partial charge >= 0.3 is 5.97 Å². The average Bonchev–Trinajstić information content (AvgIpc) is 3.42. The van der Waals surface area contributed by atoms with Crippen molar-refractivity contribution < 1.29 is 49.3 Å². The summed E-state index contributed by atoms with van der Waals surface area (Å²) in [4.78, 5) is 26.5. The van der Waals surface area contributed by atoms with Gasteiger partial charge in [0, 0.05) is 6.42 Å². The fourth-order valence-electron chi connectivity index (χ4n) is 9.89. The van der Waals surface area contributed by atoms with Crippen LogP contribution in [-0.2, 0) is 23.8 Å². The van der Waals surface area contributed by atoms with Gasteiger partial charge in [0.2, 0.25) is 5.91 Å². The first kappa shape index (κ1) is 71.6. The molecule has 0 aromatic rings. The second-order valence-electron chi connectivity index (χ2n) is 22.1. The maximum absolute atomic E-state index is 13.4. The number of nitrogens with one attached hydrogen (secondary N) is 1. The van der Waals surface area contributed by atoms with Crippen molar-refractivity contribution in [2.45, 2.75) is 339 Å². The minimum absolute atomic E-state index is 0.126. The van der Waals surface area contributed by atoms with Crippen molar-refractivity contribution >= 4 is 11.9 Å². The van der Waals surface area contributed by atoms with Crippen LogP contribution in [0.4, 0.5) is 0 Å². The molecule has 1 saturated heterocycles. The van der Waals surface area contributed by atoms with Gasteiger partial charge in [0.05, 0.1) is 25.4 Å². The van der Waals surface area contributed by atoms with Crippen LogP contribution in [0.25, 0.3) is 0 Å². The summed E-state index contributed by atoms with van der Waals surface area (Å²) < 4.78 is 17.6. The molecule has 1 amide bonds. The summed E-state index contributed by atoms with van der Waals surface area (Å²) in [6, 6.07) is -1.03. The number of unbranched alkanes of at least 4 members (excludes halogenated alkanes) is 34. The van der Waals surface area contributed by atoms with Gasteiger partial charge in [-0.3, -0.25) is 9.59 Å². The van der Waals surface area contributed by atoms with Gasteiger partial charge in [0.15, 0.2) is 12.4 Å². The Morgan fingerprint density at radius 1 is 0.513 bits per heavy atom. The quantitative estimate of drug-likeness (QED) is 0.0195. The highest BCUT2D eigenvalue weighted by Crippen LogP contribution is 2.26. The molecular weight excluding hydrogens is 955 g/mol. The van der Waals surface area contributed by atoms with E-state index >= 15 is 0 Å². The molecule has 8 unspecified atom stereocenters. The SMILES string of the molecule is CCCCC/C=C\C/C=C\C/C=C\CCCCCCCCCC(O)C(=O)NC(COC1OC(CO)C(O)C(O)C1OC(=O)CCCCCCCCCCCCCCCCC)C(O)/C=C/CCCCCCCCCCCC. The van der Waals surface area contributed by atoms with E-state index in [4.69, 9.17) is 14.2 Å². The number of allylic oxidation sites excluding steroid dienone is 7. The predicted molar refractivity (Wildman–Crippen MR) is 315 cm³/mol. The van der Waals surface area contributed by atoms with E-state index in [1.54, 1.807) is 6.08 Å². The lowest BCUT2D eigenvalue weighted by atomic mass is 9.99. The first-order valence-electron chi connectivity index (χ1n) is 31.9. The van der Waals surface area contributed by atoms with E-state index in [1.165, 1.54) is 161 Å². The molecule has 444 valence electrons. The molecule has 1 fully saturated rings. The molecule has 1 aliphatic heterocycles. The molecule has 0 bridgehead atoms. The standard InChI is InChI=1S/C65H119NO10/c1-4-7-10-13-16-19-22-25-27-28-29-30-31-33-34-37-40-43-46-49-52-58(69)64(73)66-56(57(68)51-48-45-42-39-36-24-21-18-15-12-9-6-3)55-74-65-63(62(72)61(71)59(54-67)75-65)76-60(70)53-50-47-44-41-38-35-32-26-23-20-17-14-11-8-5-2/h16,19,25,27,29-30,48,51,56-59,61-63,65,67-69,71-72H,4-15,17-18,20-24,26,28,31-47,49-50,52-55H2,1-3H3,(H,66,73)/b19-16-,27-25-,30-29-,51-48+. The number of ether oxygens (including phenoxy) is 3. The number of amides is 1. The van der Waals surface area contributed by atoms with Crippen molar-refractivity contribution in [1.82, 2.24) is 5.32 Å². The van der Waals surface area contributed by atoms with E-state index in [-0.39, 0.29) is 19.4 Å². The van der Waals surface area contributed by atoms with Crippen LogP contribution in [-0.4, -0.2) is 99.6 Å². The van der Waals surface area contributed by atoms with Crippen LogP contribution in [0.1, 0.15) is 290 Å². The Kier molecular flexibility index (Phi) is 50.2. The first-order chi connectivity index (χ1) is 37.2. The third kappa shape index (κ3) is 40.8. The largest absolute Gasteiger partial charge is 0.454 e. The molecule has 0 aliphatic carbocycles. The highest BCUT2D eigenvalue weighted by Gasteiger charge is 2.47. The molecule has 1 heterocycles. The van der Waals surface area contributed by atoms with E-state index in [9.17, 15) is 35.1 Å². The lowest BCUT2D eigenvalue weighted by Crippen LogP contribution is -2.61. The van der Waals surface area contributed by atoms with E-state index in [0.717, 1.165) is 83.5 Å². The molecule has 0 radical (unpaired) electrons. The predicted octanol–water partition coefficient (Wildman–Crippen LogP) is 15.2. The van der Waals surface area contributed by atoms with Crippen LogP contribution in [0, 0.1) is 0 Å². The number of carbonyl (C=O) groups excluding carboxylic acids is 2. The highest BCUT2D eigenvalue weighted by molar-refractivity contribution is 5.80. The molecule has 0 spiro atoms. The molecule has 1 aliphatic rings. The maximum Gasteiger partial charge on any atom is 0.306 e. The Bertz CT molecular complexity index is 1420. The summed E-state index contributed by atoms with van der Waals surface area (Å²) >= 11 is 0. The third-order valence-corrected chi connectivity index (χ3v) is 15.0. The molecule has 11 heteroatoms. The molecule has 0 aromatic carbocycles. The van der Waals surface area contributed by atoms with Gasteiger partial charge in [0.1, 0.15) is 24.4 Å². The van der Waals surface area contributed by atoms with Crippen molar-refractivity contribution in [2.75, 3.05) is 13.2 Å². The van der Waals surface area contributed by atoms with E-state index in [2.05, 4.69) is 62.5 Å². The van der Waals surface area contributed by atoms with Gasteiger partial charge in [-0.25, -0.2) is 0 Å². The zero-order valence-corrected chi connectivity index (χ0v) is 49.1. The van der Waals surface area contributed by atoms with Gasteiger partial charge in [-0.05, 0) is 64.2 Å². The lowest BCUT2D eigenvalue weighted by molar-refractivity contribution is -0.305. The maximum atomic E-state index is 13.4. The number of aliphatic hydroxyl groups is 5. The van der Waals surface area contributed by atoms with E-state index in [1.807, 2.05) is 6.08 Å². The van der Waals surface area contributed by atoms with E-state index < -0.39 is 67.4 Å². The highest BCUT2D eigenvalue weighted by atomic mass is 16.7. The summed E-state index contributed by atoms with van der Waals surface area (Å²) in [5, 5.41) is 57.0. The van der Waals surface area contributed by atoms with Crippen LogP contribution in [0.3, 0.4) is 0 Å². The summed E-state index contributed by atoms with van der Waals surface area (Å²) in [6.07, 6.45) is 54.3. The smallest absolute Gasteiger partial charge is 0.306 e. The Balaban J connectivity index is 2.67. The van der Waals surface area contributed by atoms with Crippen molar-refractivity contribution in [1.29, 1.82) is 0 Å². The fourth-order valence-corrected chi connectivity index (χ4v) is 9.89. The molecule has 0 saturated carbocycles. The van der Waals surface area contributed by atoms with Crippen molar-refractivity contribution in [3.05, 3.63) is 48.6 Å². The molecule has 0 aromatic heterocycles. The minimum Gasteiger partial charge on any atom is -0.454 e. The Morgan fingerprint density at radius 2 is 0.908 bits per heavy atom. The fraction of sp³-hybridized carbons (Fsp3) is 0.846. The van der Waals surface area contributed by atoms with Crippen LogP contribution < -0.4 is 5.32 Å². The number of aliphatic hydroxyl groups excluding tert-OH is 5. The summed E-state index contributed by atoms with van der Waals surface area (Å²) in [7, 11) is 0. The topological polar surface area (TPSA) is 175 Å². The second kappa shape index (κ2) is 53.3. The van der Waals surface area contributed by atoms with Gasteiger partial charge in [-0.1, -0.05) is 268 Å². The van der Waals surface area contributed by atoms with Crippen LogP contribution >= 0.6 is 0 Å². The Morgan fingerprint density at radius 3 is 1.38 bits per heavy atom. The normalized spacial score (nSPS) is 19.4.